The summed E-state index contributed by atoms with van der Waals surface area (Å²) in [6.45, 7) is 6.38. The van der Waals surface area contributed by atoms with Crippen LogP contribution in [0, 0.1) is 11.8 Å². The van der Waals surface area contributed by atoms with Crippen LogP contribution in [-0.2, 0) is 14.3 Å². The van der Waals surface area contributed by atoms with Crippen molar-refractivity contribution in [2.75, 3.05) is 6.61 Å². The monoisotopic (exact) mass is 230 g/mol. The second-order valence-corrected chi connectivity index (χ2v) is 4.52. The van der Waals surface area contributed by atoms with Crippen LogP contribution in [0.15, 0.2) is 0 Å². The number of hydrogen-bond acceptors (Lipinski definition) is 3. The summed E-state index contributed by atoms with van der Waals surface area (Å²) in [5, 5.41) is 8.73. The lowest BCUT2D eigenvalue weighted by atomic mass is 9.91. The van der Waals surface area contributed by atoms with E-state index in [1.165, 1.54) is 0 Å². The van der Waals surface area contributed by atoms with Crippen molar-refractivity contribution in [3.63, 3.8) is 0 Å². The van der Waals surface area contributed by atoms with Gasteiger partial charge in [0.25, 0.3) is 0 Å². The first-order valence-electron chi connectivity index (χ1n) is 5.83. The Balaban J connectivity index is 4.08. The van der Waals surface area contributed by atoms with E-state index < -0.39 is 5.97 Å². The van der Waals surface area contributed by atoms with Crippen molar-refractivity contribution in [2.24, 2.45) is 11.8 Å². The lowest BCUT2D eigenvalue weighted by Crippen LogP contribution is -2.17. The Morgan fingerprint density at radius 2 is 1.88 bits per heavy atom. The van der Waals surface area contributed by atoms with Gasteiger partial charge in [0.15, 0.2) is 0 Å². The number of carbonyl (C=O) groups is 2. The third-order valence-electron chi connectivity index (χ3n) is 2.19. The molecular weight excluding hydrogens is 208 g/mol. The van der Waals surface area contributed by atoms with Gasteiger partial charge in [0.1, 0.15) is 0 Å². The molecule has 0 aromatic rings. The molecule has 0 aliphatic heterocycles. The first kappa shape index (κ1) is 14.9. The van der Waals surface area contributed by atoms with E-state index in [0.29, 0.717) is 12.5 Å². The van der Waals surface area contributed by atoms with E-state index >= 15 is 0 Å². The van der Waals surface area contributed by atoms with Crippen molar-refractivity contribution in [3.8, 4) is 0 Å². The molecule has 0 rings (SSSR count). The van der Waals surface area contributed by atoms with E-state index in [-0.39, 0.29) is 24.7 Å². The highest BCUT2D eigenvalue weighted by Gasteiger charge is 2.19. The minimum atomic E-state index is -0.853. The van der Waals surface area contributed by atoms with Crippen LogP contribution in [-0.4, -0.2) is 23.7 Å². The molecule has 0 radical (unpaired) electrons. The molecule has 0 fully saturated rings. The largest absolute Gasteiger partial charge is 0.481 e. The quantitative estimate of drug-likeness (QED) is 0.650. The third-order valence-corrected chi connectivity index (χ3v) is 2.19. The highest BCUT2D eigenvalue weighted by molar-refractivity contribution is 5.72. The summed E-state index contributed by atoms with van der Waals surface area (Å²) in [6, 6.07) is 0. The van der Waals surface area contributed by atoms with Gasteiger partial charge in [-0.3, -0.25) is 9.59 Å². The molecule has 0 amide bonds. The average molecular weight is 230 g/mol. The molecular formula is C12H22O4. The van der Waals surface area contributed by atoms with Gasteiger partial charge in [-0.25, -0.2) is 0 Å². The molecule has 0 aliphatic rings. The van der Waals surface area contributed by atoms with Crippen molar-refractivity contribution in [3.05, 3.63) is 0 Å². The van der Waals surface area contributed by atoms with Crippen LogP contribution in [0.1, 0.15) is 46.5 Å². The lowest BCUT2D eigenvalue weighted by molar-refractivity contribution is -0.145. The number of hydrogen-bond donors (Lipinski definition) is 1. The summed E-state index contributed by atoms with van der Waals surface area (Å²) in [6.07, 6.45) is 1.79. The highest BCUT2D eigenvalue weighted by Crippen LogP contribution is 2.19. The standard InChI is InChI=1S/C12H22O4/c1-4-5-16-12(15)8-10(6-9(2)3)7-11(13)14/h9-10H,4-8H2,1-3H3,(H,13,14)/t10-/m0/s1. The smallest absolute Gasteiger partial charge is 0.306 e. The van der Waals surface area contributed by atoms with E-state index in [2.05, 4.69) is 0 Å². The van der Waals surface area contributed by atoms with Crippen molar-refractivity contribution in [1.29, 1.82) is 0 Å². The van der Waals surface area contributed by atoms with Gasteiger partial charge in [-0.1, -0.05) is 20.8 Å². The first-order valence-corrected chi connectivity index (χ1v) is 5.83. The van der Waals surface area contributed by atoms with Gasteiger partial charge in [-0.2, -0.15) is 0 Å². The number of carboxylic acids is 1. The molecule has 0 saturated heterocycles. The third kappa shape index (κ3) is 8.26. The zero-order valence-corrected chi connectivity index (χ0v) is 10.4. The van der Waals surface area contributed by atoms with Crippen molar-refractivity contribution in [1.82, 2.24) is 0 Å². The summed E-state index contributed by atoms with van der Waals surface area (Å²) in [5.41, 5.74) is 0. The van der Waals surface area contributed by atoms with Gasteiger partial charge in [0.05, 0.1) is 6.61 Å². The highest BCUT2D eigenvalue weighted by atomic mass is 16.5. The van der Waals surface area contributed by atoms with Gasteiger partial charge >= 0.3 is 11.9 Å². The molecule has 1 N–H and O–H groups in total. The predicted octanol–water partition coefficient (Wildman–Crippen LogP) is 2.47. The summed E-state index contributed by atoms with van der Waals surface area (Å²) >= 11 is 0. The topological polar surface area (TPSA) is 63.6 Å². The number of aliphatic carboxylic acids is 1. The molecule has 0 heterocycles. The summed E-state index contributed by atoms with van der Waals surface area (Å²) in [4.78, 5) is 22.0. The van der Waals surface area contributed by atoms with Crippen LogP contribution in [0.3, 0.4) is 0 Å². The second-order valence-electron chi connectivity index (χ2n) is 4.52. The van der Waals surface area contributed by atoms with Crippen molar-refractivity contribution in [2.45, 2.75) is 46.5 Å². The Labute approximate surface area is 97.0 Å². The maximum atomic E-state index is 11.4. The fourth-order valence-electron chi connectivity index (χ4n) is 1.66. The summed E-state index contributed by atoms with van der Waals surface area (Å²) < 4.78 is 4.95. The molecule has 4 nitrogen and oxygen atoms in total. The van der Waals surface area contributed by atoms with Gasteiger partial charge < -0.3 is 9.84 Å². The fraction of sp³-hybridized carbons (Fsp3) is 0.833. The Hall–Kier alpha value is -1.06. The van der Waals surface area contributed by atoms with Gasteiger partial charge in [-0.15, -0.1) is 0 Å². The van der Waals surface area contributed by atoms with E-state index in [1.54, 1.807) is 0 Å². The molecule has 94 valence electrons. The maximum absolute atomic E-state index is 11.4. The van der Waals surface area contributed by atoms with Crippen LogP contribution >= 0.6 is 0 Å². The lowest BCUT2D eigenvalue weighted by Gasteiger charge is -2.16. The van der Waals surface area contributed by atoms with Crippen LogP contribution < -0.4 is 0 Å². The molecule has 4 heteroatoms. The SMILES string of the molecule is CCCOC(=O)C[C@H](CC(=O)O)CC(C)C. The van der Waals surface area contributed by atoms with Gasteiger partial charge in [-0.05, 0) is 24.7 Å². The Kier molecular flexibility index (Phi) is 7.60. The number of ether oxygens (including phenoxy) is 1. The van der Waals surface area contributed by atoms with Crippen LogP contribution in [0.25, 0.3) is 0 Å². The van der Waals surface area contributed by atoms with Gasteiger partial charge in [0, 0.05) is 12.8 Å². The van der Waals surface area contributed by atoms with Crippen LogP contribution in [0.2, 0.25) is 0 Å². The Morgan fingerprint density at radius 3 is 2.31 bits per heavy atom. The minimum absolute atomic E-state index is 0.0411. The van der Waals surface area contributed by atoms with E-state index in [9.17, 15) is 9.59 Å². The molecule has 0 aliphatic carbocycles. The van der Waals surface area contributed by atoms with E-state index in [1.807, 2.05) is 20.8 Å². The minimum Gasteiger partial charge on any atom is -0.481 e. The number of carbonyl (C=O) groups excluding carboxylic acids is 1. The Bertz CT molecular complexity index is 223. The van der Waals surface area contributed by atoms with E-state index in [4.69, 9.17) is 9.84 Å². The summed E-state index contributed by atoms with van der Waals surface area (Å²) in [5.74, 6) is -0.854. The van der Waals surface area contributed by atoms with Crippen LogP contribution in [0.4, 0.5) is 0 Å². The normalized spacial score (nSPS) is 12.5. The number of rotatable bonds is 8. The molecule has 1 atom stereocenters. The molecule has 16 heavy (non-hydrogen) atoms. The molecule has 0 aromatic carbocycles. The first-order chi connectivity index (χ1) is 7.45. The van der Waals surface area contributed by atoms with Crippen LogP contribution in [0.5, 0.6) is 0 Å². The predicted molar refractivity (Wildman–Crippen MR) is 61.1 cm³/mol. The zero-order chi connectivity index (χ0) is 12.6. The number of carboxylic acid groups (broad SMARTS) is 1. The zero-order valence-electron chi connectivity index (χ0n) is 10.4. The number of esters is 1. The van der Waals surface area contributed by atoms with Crippen molar-refractivity contribution < 1.29 is 19.4 Å². The molecule has 0 aromatic heterocycles. The molecule has 0 bridgehead atoms. The molecule has 0 spiro atoms. The second kappa shape index (κ2) is 8.13. The van der Waals surface area contributed by atoms with Gasteiger partial charge in [0.2, 0.25) is 0 Å². The van der Waals surface area contributed by atoms with Crippen molar-refractivity contribution >= 4 is 11.9 Å². The van der Waals surface area contributed by atoms with E-state index in [0.717, 1.165) is 12.8 Å². The molecule has 0 unspecified atom stereocenters. The maximum Gasteiger partial charge on any atom is 0.306 e. The molecule has 0 saturated carbocycles. The Morgan fingerprint density at radius 1 is 1.25 bits per heavy atom. The fourth-order valence-corrected chi connectivity index (χ4v) is 1.66. The summed E-state index contributed by atoms with van der Waals surface area (Å²) in [7, 11) is 0. The average Bonchev–Trinajstić information content (AvgIpc) is 2.12.